The van der Waals surface area contributed by atoms with Gasteiger partial charge in [-0.05, 0) is 59.4 Å². The largest absolute Gasteiger partial charge is 0.493 e. The number of likely N-dealkylation sites (tertiary alicyclic amines) is 1. The number of methoxy groups -OCH3 is 1. The van der Waals surface area contributed by atoms with Gasteiger partial charge in [0.1, 0.15) is 0 Å². The topological polar surface area (TPSA) is 101 Å². The average molecular weight is 574 g/mol. The lowest BCUT2D eigenvalue weighted by Gasteiger charge is -2.27. The third kappa shape index (κ3) is 5.61. The summed E-state index contributed by atoms with van der Waals surface area (Å²) >= 11 is 0. The minimum absolute atomic E-state index is 0.0449. The van der Waals surface area contributed by atoms with Crippen molar-refractivity contribution in [1.29, 1.82) is 0 Å². The summed E-state index contributed by atoms with van der Waals surface area (Å²) in [7, 11) is 5.47. The molecule has 2 heterocycles. The van der Waals surface area contributed by atoms with Gasteiger partial charge < -0.3 is 29.5 Å². The smallest absolute Gasteiger partial charge is 0.309 e. The number of carboxylic acid groups (broad SMARTS) is 1. The van der Waals surface area contributed by atoms with Crippen molar-refractivity contribution in [3.8, 4) is 17.2 Å². The van der Waals surface area contributed by atoms with Crippen molar-refractivity contribution in [2.45, 2.75) is 38.6 Å². The summed E-state index contributed by atoms with van der Waals surface area (Å²) in [6.45, 7) is 4.63. The van der Waals surface area contributed by atoms with Crippen LogP contribution in [0.3, 0.4) is 0 Å². The molecule has 0 aromatic heterocycles. The number of para-hydroxylation sites is 1. The maximum Gasteiger partial charge on any atom is 0.309 e. The molecule has 9 nitrogen and oxygen atoms in total. The number of nitrogens with zero attached hydrogens (tertiary/aromatic N) is 2. The molecule has 2 N–H and O–H groups in total. The number of ether oxygens (including phenoxy) is 3. The molecular weight excluding hydrogens is 534 g/mol. The number of rotatable bonds is 10. The number of benzene rings is 3. The van der Waals surface area contributed by atoms with Gasteiger partial charge in [0.15, 0.2) is 11.5 Å². The molecule has 0 aliphatic carbocycles. The molecule has 1 saturated heterocycles. The summed E-state index contributed by atoms with van der Waals surface area (Å²) in [5.41, 5.74) is 5.63. The van der Waals surface area contributed by atoms with Crippen LogP contribution in [0, 0.1) is 5.92 Å². The van der Waals surface area contributed by atoms with Crippen molar-refractivity contribution in [2.75, 3.05) is 51.3 Å². The Hall–Kier alpha value is -4.24. The molecule has 3 aromatic rings. The Labute approximate surface area is 247 Å². The molecule has 1 unspecified atom stereocenters. The molecule has 3 atom stereocenters. The van der Waals surface area contributed by atoms with Crippen LogP contribution in [-0.4, -0.2) is 63.0 Å². The van der Waals surface area contributed by atoms with E-state index in [2.05, 4.69) is 19.2 Å². The van der Waals surface area contributed by atoms with E-state index < -0.39 is 23.8 Å². The number of amides is 1. The van der Waals surface area contributed by atoms with E-state index in [0.717, 1.165) is 46.5 Å². The number of fused-ring (bicyclic) bond motifs is 1. The quantitative estimate of drug-likeness (QED) is 0.346. The lowest BCUT2D eigenvalue weighted by Crippen LogP contribution is -2.35. The number of carboxylic acids is 1. The molecule has 0 radical (unpaired) electrons. The molecular formula is C33H39N3O6. The van der Waals surface area contributed by atoms with Crippen molar-refractivity contribution in [3.05, 3.63) is 76.9 Å². The summed E-state index contributed by atoms with van der Waals surface area (Å²) in [5, 5.41) is 13.8. The summed E-state index contributed by atoms with van der Waals surface area (Å²) in [6, 6.07) is 17.1. The van der Waals surface area contributed by atoms with Crippen molar-refractivity contribution >= 4 is 23.3 Å². The number of hydrogen-bond acceptors (Lipinski definition) is 7. The Kier molecular flexibility index (Phi) is 8.59. The van der Waals surface area contributed by atoms with Crippen LogP contribution in [0.25, 0.3) is 0 Å². The van der Waals surface area contributed by atoms with Crippen LogP contribution in [0.15, 0.2) is 54.6 Å². The fourth-order valence-corrected chi connectivity index (χ4v) is 6.23. The lowest BCUT2D eigenvalue weighted by molar-refractivity contribution is -0.143. The zero-order chi connectivity index (χ0) is 30.0. The Balaban J connectivity index is 1.52. The first-order valence-electron chi connectivity index (χ1n) is 14.4. The van der Waals surface area contributed by atoms with Gasteiger partial charge in [0, 0.05) is 44.0 Å². The van der Waals surface area contributed by atoms with Gasteiger partial charge in [0.25, 0.3) is 0 Å². The number of carbonyl (C=O) groups excluding carboxylic acids is 1. The number of carbonyl (C=O) groups is 2. The van der Waals surface area contributed by atoms with E-state index in [1.807, 2.05) is 78.5 Å². The predicted molar refractivity (Wildman–Crippen MR) is 162 cm³/mol. The number of aryl methyl sites for hydroxylation is 2. The standard InChI is InChI=1S/C33H39N3O6/c1-6-20-9-8-10-21(7-2)30(20)34-28(37)18-36-17-25(23-15-26(40-5)32-27(16-23)41-19-42-32)29(33(38)39)31(36)22-11-13-24(14-12-22)35(3)4/h8-16,25,29,31H,6-7,17-19H2,1-5H3,(H,34,37)(H,38,39)/t25-,29?,31+/m1/s1. The Bertz CT molecular complexity index is 1430. The fraction of sp³-hybridized carbons (Fsp3) is 0.394. The molecule has 0 saturated carbocycles. The minimum Gasteiger partial charge on any atom is -0.493 e. The van der Waals surface area contributed by atoms with Gasteiger partial charge in [0.2, 0.25) is 18.4 Å². The number of nitrogens with one attached hydrogen (secondary N) is 1. The molecule has 3 aromatic carbocycles. The van der Waals surface area contributed by atoms with Crippen LogP contribution >= 0.6 is 0 Å². The first-order chi connectivity index (χ1) is 20.2. The molecule has 1 amide bonds. The zero-order valence-corrected chi connectivity index (χ0v) is 24.8. The highest BCUT2D eigenvalue weighted by Crippen LogP contribution is 2.50. The highest BCUT2D eigenvalue weighted by Gasteiger charge is 2.48. The second-order valence-electron chi connectivity index (χ2n) is 11.0. The summed E-state index contributed by atoms with van der Waals surface area (Å²) in [4.78, 5) is 30.6. The van der Waals surface area contributed by atoms with Gasteiger partial charge in [0.05, 0.1) is 19.6 Å². The first kappa shape index (κ1) is 29.3. The van der Waals surface area contributed by atoms with Gasteiger partial charge in [-0.15, -0.1) is 0 Å². The predicted octanol–water partition coefficient (Wildman–Crippen LogP) is 5.09. The number of anilines is 2. The van der Waals surface area contributed by atoms with Gasteiger partial charge in [-0.3, -0.25) is 14.5 Å². The maximum absolute atomic E-state index is 13.6. The van der Waals surface area contributed by atoms with Crippen molar-refractivity contribution < 1.29 is 28.9 Å². The van der Waals surface area contributed by atoms with Crippen molar-refractivity contribution in [3.63, 3.8) is 0 Å². The molecule has 0 bridgehead atoms. The third-order valence-electron chi connectivity index (χ3n) is 8.35. The maximum atomic E-state index is 13.6. The second-order valence-corrected chi connectivity index (χ2v) is 11.0. The number of aliphatic carboxylic acids is 1. The van der Waals surface area contributed by atoms with E-state index >= 15 is 0 Å². The van der Waals surface area contributed by atoms with Crippen molar-refractivity contribution in [1.82, 2.24) is 4.90 Å². The van der Waals surface area contributed by atoms with E-state index in [4.69, 9.17) is 14.2 Å². The van der Waals surface area contributed by atoms with E-state index in [0.29, 0.717) is 23.8 Å². The van der Waals surface area contributed by atoms with Crippen LogP contribution in [-0.2, 0) is 22.4 Å². The Morgan fingerprint density at radius 3 is 2.31 bits per heavy atom. The fourth-order valence-electron chi connectivity index (χ4n) is 6.23. The van der Waals surface area contributed by atoms with E-state index in [9.17, 15) is 14.7 Å². The third-order valence-corrected chi connectivity index (χ3v) is 8.35. The van der Waals surface area contributed by atoms with Gasteiger partial charge in [-0.2, -0.15) is 0 Å². The average Bonchev–Trinajstić information content (AvgIpc) is 3.61. The van der Waals surface area contributed by atoms with Gasteiger partial charge in [-0.1, -0.05) is 44.2 Å². The van der Waals surface area contributed by atoms with E-state index in [-0.39, 0.29) is 19.2 Å². The minimum atomic E-state index is -0.925. The highest BCUT2D eigenvalue weighted by molar-refractivity contribution is 5.94. The first-order valence-corrected chi connectivity index (χ1v) is 14.4. The van der Waals surface area contributed by atoms with Gasteiger partial charge in [-0.25, -0.2) is 0 Å². The molecule has 2 aliphatic heterocycles. The van der Waals surface area contributed by atoms with Gasteiger partial charge >= 0.3 is 5.97 Å². The zero-order valence-electron chi connectivity index (χ0n) is 24.8. The highest BCUT2D eigenvalue weighted by atomic mass is 16.7. The van der Waals surface area contributed by atoms with Crippen LogP contribution in [0.4, 0.5) is 11.4 Å². The molecule has 42 heavy (non-hydrogen) atoms. The van der Waals surface area contributed by atoms with E-state index in [1.165, 1.54) is 0 Å². The van der Waals surface area contributed by atoms with Crippen molar-refractivity contribution in [2.24, 2.45) is 5.92 Å². The monoisotopic (exact) mass is 573 g/mol. The molecule has 1 fully saturated rings. The second kappa shape index (κ2) is 12.3. The molecule has 2 aliphatic rings. The van der Waals surface area contributed by atoms with E-state index in [1.54, 1.807) is 7.11 Å². The number of hydrogen-bond donors (Lipinski definition) is 2. The Morgan fingerprint density at radius 1 is 1.02 bits per heavy atom. The Morgan fingerprint density at radius 2 is 1.71 bits per heavy atom. The molecule has 5 rings (SSSR count). The molecule has 222 valence electrons. The normalized spacial score (nSPS) is 19.5. The van der Waals surface area contributed by atoms with Crippen LogP contribution in [0.2, 0.25) is 0 Å². The van der Waals surface area contributed by atoms with Crippen LogP contribution in [0.1, 0.15) is 48.1 Å². The van der Waals surface area contributed by atoms with Crippen LogP contribution < -0.4 is 24.4 Å². The SMILES string of the molecule is CCc1cccc(CC)c1NC(=O)CN1C[C@H](c2cc(OC)c3c(c2)OCO3)C(C(=O)O)[C@@H]1c1ccc(N(C)C)cc1. The molecule has 9 heteroatoms. The molecule has 0 spiro atoms. The summed E-state index contributed by atoms with van der Waals surface area (Å²) in [5.74, 6) is -0.803. The van der Waals surface area contributed by atoms with Crippen LogP contribution in [0.5, 0.6) is 17.2 Å². The summed E-state index contributed by atoms with van der Waals surface area (Å²) < 4.78 is 16.8. The lowest BCUT2D eigenvalue weighted by atomic mass is 9.82. The summed E-state index contributed by atoms with van der Waals surface area (Å²) in [6.07, 6.45) is 1.59.